The minimum Gasteiger partial charge on any atom is -0.456 e. The Morgan fingerprint density at radius 3 is 2.05 bits per heavy atom. The molecule has 1 aliphatic heterocycles. The van der Waals surface area contributed by atoms with Crippen molar-refractivity contribution in [1.82, 2.24) is 15.0 Å². The number of hydrogen-bond acceptors (Lipinski definition) is 7. The average molecular weight is 761 g/mol. The van der Waals surface area contributed by atoms with Gasteiger partial charge in [-0.15, -0.1) is 18.8 Å². The first-order chi connectivity index (χ1) is 20.3. The largest absolute Gasteiger partial charge is 3.00 e. The van der Waals surface area contributed by atoms with Crippen LogP contribution in [-0.4, -0.2) is 34.9 Å². The van der Waals surface area contributed by atoms with Crippen LogP contribution in [0.25, 0.3) is 11.3 Å². The SMILES string of the molecule is CN(C)c1ccnc(-c2[c-]cc(F)nc2F)c1.Fc1c[c-]c(N2[CH-]N(c3ccccc3)C(c3ccccc3)=N2)c(F)n1.[Ir+3]. The fraction of sp³-hybridized carbons (Fsp3) is 0.0645. The first-order valence-corrected chi connectivity index (χ1v) is 12.5. The molecule has 0 fully saturated rings. The maximum absolute atomic E-state index is 14.0. The van der Waals surface area contributed by atoms with E-state index in [-0.39, 0.29) is 31.4 Å². The molecule has 0 saturated heterocycles. The van der Waals surface area contributed by atoms with Crippen LogP contribution in [0.2, 0.25) is 0 Å². The van der Waals surface area contributed by atoms with Gasteiger partial charge in [-0.3, -0.25) is 13.8 Å². The van der Waals surface area contributed by atoms with Gasteiger partial charge in [-0.25, -0.2) is 8.78 Å². The second kappa shape index (κ2) is 14.0. The summed E-state index contributed by atoms with van der Waals surface area (Å²) in [6.07, 6.45) is 1.56. The molecule has 0 atom stereocenters. The third-order valence-corrected chi connectivity index (χ3v) is 5.94. The first kappa shape index (κ1) is 31.3. The molecule has 6 rings (SSSR count). The maximum Gasteiger partial charge on any atom is 3.00 e. The van der Waals surface area contributed by atoms with Gasteiger partial charge in [-0.05, 0) is 29.6 Å². The topological polar surface area (TPSA) is 60.8 Å². The molecule has 3 aromatic heterocycles. The number of benzene rings is 2. The summed E-state index contributed by atoms with van der Waals surface area (Å²) >= 11 is 0. The third-order valence-electron chi connectivity index (χ3n) is 5.94. The van der Waals surface area contributed by atoms with Crippen LogP contribution >= 0.6 is 0 Å². The summed E-state index contributed by atoms with van der Waals surface area (Å²) < 4.78 is 53.2. The molecular formula is C31H22F4IrN7. The normalized spacial score (nSPS) is 12.2. The van der Waals surface area contributed by atoms with Crippen LogP contribution in [0.15, 0.2) is 96.2 Å². The summed E-state index contributed by atoms with van der Waals surface area (Å²) in [5.41, 5.74) is 2.99. The zero-order valence-corrected chi connectivity index (χ0v) is 25.1. The van der Waals surface area contributed by atoms with Crippen molar-refractivity contribution >= 4 is 22.9 Å². The van der Waals surface area contributed by atoms with Crippen LogP contribution in [0.1, 0.15) is 5.56 Å². The molecule has 218 valence electrons. The Hall–Kier alpha value is -4.67. The van der Waals surface area contributed by atoms with Crippen LogP contribution in [0.4, 0.5) is 34.6 Å². The summed E-state index contributed by atoms with van der Waals surface area (Å²) in [7, 11) is 3.73. The number of rotatable bonds is 5. The molecule has 7 nitrogen and oxygen atoms in total. The molecule has 0 saturated carbocycles. The van der Waals surface area contributed by atoms with Crippen molar-refractivity contribution in [2.24, 2.45) is 5.10 Å². The zero-order valence-electron chi connectivity index (χ0n) is 22.7. The minimum absolute atomic E-state index is 0. The van der Waals surface area contributed by atoms with Crippen molar-refractivity contribution in [2.45, 2.75) is 0 Å². The first-order valence-electron chi connectivity index (χ1n) is 12.5. The molecule has 0 bridgehead atoms. The Kier molecular flexibility index (Phi) is 10.2. The Labute approximate surface area is 259 Å². The van der Waals surface area contributed by atoms with Gasteiger partial charge in [0.1, 0.15) is 23.7 Å². The molecule has 0 amide bonds. The quantitative estimate of drug-likeness (QED) is 0.120. The van der Waals surface area contributed by atoms with E-state index in [2.05, 4.69) is 32.2 Å². The molecule has 0 unspecified atom stereocenters. The number of hydrazone groups is 1. The van der Waals surface area contributed by atoms with E-state index < -0.39 is 23.8 Å². The summed E-state index contributed by atoms with van der Waals surface area (Å²) in [4.78, 5) is 14.0. The number of pyridine rings is 3. The number of amidine groups is 1. The van der Waals surface area contributed by atoms with Gasteiger partial charge in [-0.1, -0.05) is 66.2 Å². The van der Waals surface area contributed by atoms with Crippen molar-refractivity contribution in [3.63, 3.8) is 0 Å². The zero-order chi connectivity index (χ0) is 29.6. The molecule has 1 aliphatic rings. The van der Waals surface area contributed by atoms with Gasteiger partial charge in [0.15, 0.2) is 0 Å². The van der Waals surface area contributed by atoms with E-state index >= 15 is 0 Å². The average Bonchev–Trinajstić information content (AvgIpc) is 3.44. The molecule has 0 N–H and O–H groups in total. The monoisotopic (exact) mass is 761 g/mol. The molecule has 0 radical (unpaired) electrons. The molecular weight excluding hydrogens is 739 g/mol. The maximum atomic E-state index is 14.0. The molecule has 2 aromatic carbocycles. The second-order valence-corrected chi connectivity index (χ2v) is 9.00. The summed E-state index contributed by atoms with van der Waals surface area (Å²) in [5.74, 6) is -3.08. The Balaban J connectivity index is 0.000000207. The molecule has 43 heavy (non-hydrogen) atoms. The Morgan fingerprint density at radius 2 is 1.42 bits per heavy atom. The molecule has 0 aliphatic carbocycles. The van der Waals surface area contributed by atoms with Gasteiger partial charge in [0.25, 0.3) is 0 Å². The number of hydrogen-bond donors (Lipinski definition) is 0. The van der Waals surface area contributed by atoms with Crippen molar-refractivity contribution < 1.29 is 37.7 Å². The number of aromatic nitrogens is 3. The van der Waals surface area contributed by atoms with Crippen molar-refractivity contribution in [2.75, 3.05) is 28.9 Å². The van der Waals surface area contributed by atoms with Gasteiger partial charge < -0.3 is 24.8 Å². The van der Waals surface area contributed by atoms with Crippen LogP contribution in [0, 0.1) is 42.6 Å². The molecule has 4 heterocycles. The van der Waals surface area contributed by atoms with Crippen molar-refractivity contribution in [1.29, 1.82) is 0 Å². The predicted molar refractivity (Wildman–Crippen MR) is 152 cm³/mol. The van der Waals surface area contributed by atoms with Crippen LogP contribution in [0.5, 0.6) is 0 Å². The summed E-state index contributed by atoms with van der Waals surface area (Å²) in [5, 5.41) is 5.77. The summed E-state index contributed by atoms with van der Waals surface area (Å²) in [6.45, 7) is 1.62. The Morgan fingerprint density at radius 1 is 0.791 bits per heavy atom. The number of para-hydroxylation sites is 1. The standard InChI is InChI=1S/C19H12F2N4.C12H10F2N3.Ir/c20-17-12-11-16(18(21)22-17)25-13-24(15-9-5-2-6-10-15)19(23-25)14-7-3-1-4-8-14;1-17(2)8-5-6-15-10(7-8)9-3-4-11(13)16-12(9)14;/h1-10,12-13H;4-7H,1-2H3;/q-2;-1;+3. The van der Waals surface area contributed by atoms with Gasteiger partial charge in [0.2, 0.25) is 0 Å². The van der Waals surface area contributed by atoms with E-state index in [1.54, 1.807) is 25.0 Å². The van der Waals surface area contributed by atoms with Crippen molar-refractivity contribution in [3.05, 3.63) is 139 Å². The van der Waals surface area contributed by atoms with E-state index in [0.29, 0.717) is 11.5 Å². The van der Waals surface area contributed by atoms with Gasteiger partial charge in [0, 0.05) is 37.2 Å². The third kappa shape index (κ3) is 7.40. The number of nitrogens with zero attached hydrogens (tertiary/aromatic N) is 7. The van der Waals surface area contributed by atoms with Gasteiger partial charge in [0.05, 0.1) is 5.95 Å². The predicted octanol–water partition coefficient (Wildman–Crippen LogP) is 6.25. The van der Waals surface area contributed by atoms with Crippen molar-refractivity contribution in [3.8, 4) is 11.3 Å². The second-order valence-electron chi connectivity index (χ2n) is 9.00. The minimum atomic E-state index is -0.970. The summed E-state index contributed by atoms with van der Waals surface area (Å²) in [6, 6.07) is 29.6. The number of anilines is 3. The molecule has 12 heteroatoms. The number of halogens is 4. The fourth-order valence-corrected chi connectivity index (χ4v) is 3.92. The van der Waals surface area contributed by atoms with Crippen LogP contribution in [0.3, 0.4) is 0 Å². The smallest absolute Gasteiger partial charge is 0.456 e. The van der Waals surface area contributed by atoms with Crippen LogP contribution < -0.4 is 14.8 Å². The molecule has 5 aromatic rings. The van der Waals surface area contributed by atoms with Gasteiger partial charge >= 0.3 is 20.1 Å². The Bertz CT molecular complexity index is 1710. The van der Waals surface area contributed by atoms with E-state index in [9.17, 15) is 17.6 Å². The molecule has 0 spiro atoms. The van der Waals surface area contributed by atoms with Gasteiger partial charge in [-0.2, -0.15) is 11.2 Å². The van der Waals surface area contributed by atoms with E-state index in [0.717, 1.165) is 29.1 Å². The van der Waals surface area contributed by atoms with E-state index in [1.807, 2.05) is 84.6 Å². The van der Waals surface area contributed by atoms with Crippen LogP contribution in [-0.2, 0) is 20.1 Å². The fourth-order valence-electron chi connectivity index (χ4n) is 3.92. The van der Waals surface area contributed by atoms with E-state index in [1.165, 1.54) is 5.01 Å². The van der Waals surface area contributed by atoms with E-state index in [4.69, 9.17) is 0 Å².